The predicted octanol–water partition coefficient (Wildman–Crippen LogP) is 3.24. The van der Waals surface area contributed by atoms with E-state index in [-0.39, 0.29) is 6.61 Å². The summed E-state index contributed by atoms with van der Waals surface area (Å²) < 4.78 is 2.23. The zero-order chi connectivity index (χ0) is 11.5. The van der Waals surface area contributed by atoms with E-state index < -0.39 is 0 Å². The smallest absolute Gasteiger partial charge is 0.0833 e. The van der Waals surface area contributed by atoms with Crippen molar-refractivity contribution in [2.45, 2.75) is 39.8 Å². The fourth-order valence-corrected chi connectivity index (χ4v) is 2.16. The topological polar surface area (TPSA) is 25.2 Å². The highest BCUT2D eigenvalue weighted by molar-refractivity contribution is 5.82. The number of unbranched alkanes of at least 4 members (excludes halogenated alkanes) is 1. The molecule has 0 atom stereocenters. The Morgan fingerprint density at radius 2 is 2.06 bits per heavy atom. The third-order valence-electron chi connectivity index (χ3n) is 3.04. The van der Waals surface area contributed by atoms with E-state index in [2.05, 4.69) is 42.7 Å². The van der Waals surface area contributed by atoms with Gasteiger partial charge in [-0.1, -0.05) is 25.0 Å². The van der Waals surface area contributed by atoms with Gasteiger partial charge in [0.2, 0.25) is 0 Å². The molecule has 16 heavy (non-hydrogen) atoms. The molecule has 0 spiro atoms. The van der Waals surface area contributed by atoms with Crippen molar-refractivity contribution in [1.82, 2.24) is 4.57 Å². The Hall–Kier alpha value is -1.28. The SMILES string of the molecule is CCCCn1c(CO)cc2cc(C)ccc21. The summed E-state index contributed by atoms with van der Waals surface area (Å²) in [5.41, 5.74) is 3.53. The first kappa shape index (κ1) is 11.2. The Kier molecular flexibility index (Phi) is 3.30. The predicted molar refractivity (Wildman–Crippen MR) is 67.5 cm³/mol. The van der Waals surface area contributed by atoms with Gasteiger partial charge in [-0.15, -0.1) is 0 Å². The van der Waals surface area contributed by atoms with Gasteiger partial charge >= 0.3 is 0 Å². The van der Waals surface area contributed by atoms with Crippen molar-refractivity contribution in [3.05, 3.63) is 35.5 Å². The first-order valence-corrected chi connectivity index (χ1v) is 5.96. The summed E-state index contributed by atoms with van der Waals surface area (Å²) >= 11 is 0. The van der Waals surface area contributed by atoms with E-state index in [1.807, 2.05) is 0 Å². The van der Waals surface area contributed by atoms with E-state index in [4.69, 9.17) is 0 Å². The van der Waals surface area contributed by atoms with E-state index in [0.717, 1.165) is 18.7 Å². The maximum Gasteiger partial charge on any atom is 0.0833 e. The molecule has 0 radical (unpaired) electrons. The summed E-state index contributed by atoms with van der Waals surface area (Å²) in [6, 6.07) is 8.56. The van der Waals surface area contributed by atoms with Gasteiger partial charge in [0.25, 0.3) is 0 Å². The number of aryl methyl sites for hydroxylation is 2. The summed E-state index contributed by atoms with van der Waals surface area (Å²) in [4.78, 5) is 0. The zero-order valence-corrected chi connectivity index (χ0v) is 10.0. The molecule has 2 rings (SSSR count). The number of benzene rings is 1. The van der Waals surface area contributed by atoms with Crippen LogP contribution in [0, 0.1) is 6.92 Å². The van der Waals surface area contributed by atoms with Gasteiger partial charge in [-0.05, 0) is 31.5 Å². The van der Waals surface area contributed by atoms with Crippen LogP contribution in [0.4, 0.5) is 0 Å². The Morgan fingerprint density at radius 3 is 2.75 bits per heavy atom. The number of fused-ring (bicyclic) bond motifs is 1. The van der Waals surface area contributed by atoms with Crippen LogP contribution in [-0.4, -0.2) is 9.67 Å². The molecule has 1 aromatic heterocycles. The molecule has 2 heteroatoms. The van der Waals surface area contributed by atoms with Crippen LogP contribution in [0.3, 0.4) is 0 Å². The average Bonchev–Trinajstić information content (AvgIpc) is 2.63. The largest absolute Gasteiger partial charge is 0.390 e. The van der Waals surface area contributed by atoms with Gasteiger partial charge in [0, 0.05) is 23.1 Å². The molecular weight excluding hydrogens is 198 g/mol. The first-order chi connectivity index (χ1) is 7.76. The number of aliphatic hydroxyl groups is 1. The molecule has 1 N–H and O–H groups in total. The molecule has 0 aliphatic carbocycles. The third-order valence-corrected chi connectivity index (χ3v) is 3.04. The van der Waals surface area contributed by atoms with Gasteiger partial charge in [-0.25, -0.2) is 0 Å². The lowest BCUT2D eigenvalue weighted by Crippen LogP contribution is -2.02. The standard InChI is InChI=1S/C14H19NO/c1-3-4-7-15-13(10-16)9-12-8-11(2)5-6-14(12)15/h5-6,8-9,16H,3-4,7,10H2,1-2H3. The second-order valence-corrected chi connectivity index (χ2v) is 4.36. The molecule has 0 unspecified atom stereocenters. The minimum atomic E-state index is 0.122. The molecular formula is C14H19NO. The maximum atomic E-state index is 9.37. The maximum absolute atomic E-state index is 9.37. The summed E-state index contributed by atoms with van der Waals surface area (Å²) in [6.45, 7) is 5.41. The van der Waals surface area contributed by atoms with Crippen LogP contribution in [0.1, 0.15) is 31.0 Å². The molecule has 0 bridgehead atoms. The minimum absolute atomic E-state index is 0.122. The number of nitrogens with zero attached hydrogens (tertiary/aromatic N) is 1. The van der Waals surface area contributed by atoms with E-state index >= 15 is 0 Å². The van der Waals surface area contributed by atoms with Crippen LogP contribution in [0.25, 0.3) is 10.9 Å². The minimum Gasteiger partial charge on any atom is -0.390 e. The lowest BCUT2D eigenvalue weighted by molar-refractivity contribution is 0.271. The number of rotatable bonds is 4. The van der Waals surface area contributed by atoms with Crippen LogP contribution in [-0.2, 0) is 13.2 Å². The molecule has 0 fully saturated rings. The molecule has 2 aromatic rings. The molecule has 0 aliphatic heterocycles. The van der Waals surface area contributed by atoms with Gasteiger partial charge in [-0.3, -0.25) is 0 Å². The second-order valence-electron chi connectivity index (χ2n) is 4.36. The van der Waals surface area contributed by atoms with E-state index in [9.17, 15) is 5.11 Å². The van der Waals surface area contributed by atoms with E-state index in [0.29, 0.717) is 0 Å². The molecule has 1 heterocycles. The van der Waals surface area contributed by atoms with Crippen molar-refractivity contribution in [2.75, 3.05) is 0 Å². The fourth-order valence-electron chi connectivity index (χ4n) is 2.16. The van der Waals surface area contributed by atoms with Crippen molar-refractivity contribution in [2.24, 2.45) is 0 Å². The average molecular weight is 217 g/mol. The summed E-state index contributed by atoms with van der Waals surface area (Å²) in [5, 5.41) is 10.6. The van der Waals surface area contributed by atoms with Gasteiger partial charge in [0.05, 0.1) is 6.61 Å². The monoisotopic (exact) mass is 217 g/mol. The molecule has 0 aliphatic rings. The number of aliphatic hydroxyl groups excluding tert-OH is 1. The molecule has 1 aromatic carbocycles. The van der Waals surface area contributed by atoms with Gasteiger partial charge in [0.15, 0.2) is 0 Å². The molecule has 0 saturated heterocycles. The normalized spacial score (nSPS) is 11.2. The highest BCUT2D eigenvalue weighted by Gasteiger charge is 2.07. The van der Waals surface area contributed by atoms with Crippen LogP contribution >= 0.6 is 0 Å². The van der Waals surface area contributed by atoms with Crippen LogP contribution in [0.15, 0.2) is 24.3 Å². The van der Waals surface area contributed by atoms with Gasteiger partial charge in [0.1, 0.15) is 0 Å². The summed E-state index contributed by atoms with van der Waals surface area (Å²) in [5.74, 6) is 0. The highest BCUT2D eigenvalue weighted by Crippen LogP contribution is 2.22. The number of aromatic nitrogens is 1. The quantitative estimate of drug-likeness (QED) is 0.835. The van der Waals surface area contributed by atoms with Crippen LogP contribution in [0.2, 0.25) is 0 Å². The van der Waals surface area contributed by atoms with Gasteiger partial charge in [-0.2, -0.15) is 0 Å². The highest BCUT2D eigenvalue weighted by atomic mass is 16.3. The Labute approximate surface area is 96.5 Å². The lowest BCUT2D eigenvalue weighted by atomic mass is 10.2. The third kappa shape index (κ3) is 1.98. The molecule has 0 saturated carbocycles. The van der Waals surface area contributed by atoms with E-state index in [1.165, 1.54) is 22.9 Å². The van der Waals surface area contributed by atoms with Crippen molar-refractivity contribution in [3.63, 3.8) is 0 Å². The van der Waals surface area contributed by atoms with Crippen molar-refractivity contribution >= 4 is 10.9 Å². The zero-order valence-electron chi connectivity index (χ0n) is 10.0. The Balaban J connectivity index is 2.50. The molecule has 86 valence electrons. The van der Waals surface area contributed by atoms with Crippen molar-refractivity contribution in [1.29, 1.82) is 0 Å². The fraction of sp³-hybridized carbons (Fsp3) is 0.429. The Morgan fingerprint density at radius 1 is 1.25 bits per heavy atom. The van der Waals surface area contributed by atoms with Gasteiger partial charge < -0.3 is 9.67 Å². The van der Waals surface area contributed by atoms with Crippen LogP contribution < -0.4 is 0 Å². The van der Waals surface area contributed by atoms with E-state index in [1.54, 1.807) is 0 Å². The van der Waals surface area contributed by atoms with Crippen molar-refractivity contribution in [3.8, 4) is 0 Å². The number of hydrogen-bond acceptors (Lipinski definition) is 1. The Bertz CT molecular complexity index is 485. The summed E-state index contributed by atoms with van der Waals surface area (Å²) in [6.07, 6.45) is 2.33. The second kappa shape index (κ2) is 4.71. The van der Waals surface area contributed by atoms with Crippen molar-refractivity contribution < 1.29 is 5.11 Å². The molecule has 2 nitrogen and oxygen atoms in total. The number of hydrogen-bond donors (Lipinski definition) is 1. The summed E-state index contributed by atoms with van der Waals surface area (Å²) in [7, 11) is 0. The molecule has 0 amide bonds. The van der Waals surface area contributed by atoms with Crippen LogP contribution in [0.5, 0.6) is 0 Å². The lowest BCUT2D eigenvalue weighted by Gasteiger charge is -2.08. The first-order valence-electron chi connectivity index (χ1n) is 5.96.